The normalized spacial score (nSPS) is 14.3. The molecular formula is C13H16N4O4. The Morgan fingerprint density at radius 1 is 1.43 bits per heavy atom. The number of hydrogen-bond acceptors (Lipinski definition) is 7. The van der Waals surface area contributed by atoms with Gasteiger partial charge >= 0.3 is 0 Å². The average molecular weight is 292 g/mol. The van der Waals surface area contributed by atoms with E-state index in [1.165, 1.54) is 0 Å². The van der Waals surface area contributed by atoms with Gasteiger partial charge in [-0.15, -0.1) is 0 Å². The summed E-state index contributed by atoms with van der Waals surface area (Å²) in [6.45, 7) is 2.50. The van der Waals surface area contributed by atoms with Crippen LogP contribution < -0.4 is 5.32 Å². The van der Waals surface area contributed by atoms with Crippen LogP contribution in [0.3, 0.4) is 0 Å². The first-order valence-electron chi connectivity index (χ1n) is 6.90. The summed E-state index contributed by atoms with van der Waals surface area (Å²) >= 11 is 0. The van der Waals surface area contributed by atoms with Crippen LogP contribution in [0.1, 0.15) is 37.3 Å². The van der Waals surface area contributed by atoms with E-state index in [2.05, 4.69) is 20.6 Å². The maximum atomic E-state index is 11.4. The lowest BCUT2D eigenvalue weighted by Gasteiger charge is -2.01. The Balaban J connectivity index is 1.56. The predicted molar refractivity (Wildman–Crippen MR) is 70.1 cm³/mol. The van der Waals surface area contributed by atoms with Crippen LogP contribution in [0.15, 0.2) is 15.1 Å². The number of ether oxygens (including phenoxy) is 1. The maximum absolute atomic E-state index is 11.4. The first kappa shape index (κ1) is 13.7. The molecule has 0 bridgehead atoms. The summed E-state index contributed by atoms with van der Waals surface area (Å²) in [5, 5.41) is 10.4. The summed E-state index contributed by atoms with van der Waals surface area (Å²) in [6.07, 6.45) is 2.27. The molecule has 1 aliphatic rings. The molecule has 1 amide bonds. The smallest absolute Gasteiger partial charge is 0.246 e. The minimum atomic E-state index is -0.228. The Labute approximate surface area is 120 Å². The van der Waals surface area contributed by atoms with E-state index in [1.807, 2.05) is 13.0 Å². The molecular weight excluding hydrogens is 276 g/mol. The highest BCUT2D eigenvalue weighted by molar-refractivity contribution is 5.77. The third-order valence-corrected chi connectivity index (χ3v) is 3.08. The van der Waals surface area contributed by atoms with Gasteiger partial charge in [0.15, 0.2) is 5.69 Å². The lowest BCUT2D eigenvalue weighted by atomic mass is 10.3. The van der Waals surface area contributed by atoms with E-state index in [4.69, 9.17) is 13.8 Å². The van der Waals surface area contributed by atoms with Crippen molar-refractivity contribution in [2.24, 2.45) is 0 Å². The highest BCUT2D eigenvalue weighted by Crippen LogP contribution is 2.40. The maximum Gasteiger partial charge on any atom is 0.246 e. The van der Waals surface area contributed by atoms with E-state index >= 15 is 0 Å². The van der Waals surface area contributed by atoms with Crippen LogP contribution in [0.4, 0.5) is 0 Å². The lowest BCUT2D eigenvalue weighted by molar-refractivity contribution is -0.125. The van der Waals surface area contributed by atoms with Crippen molar-refractivity contribution in [1.29, 1.82) is 0 Å². The van der Waals surface area contributed by atoms with Crippen molar-refractivity contribution in [1.82, 2.24) is 20.6 Å². The second-order valence-corrected chi connectivity index (χ2v) is 4.81. The zero-order chi connectivity index (χ0) is 14.7. The number of nitrogens with zero attached hydrogens (tertiary/aromatic N) is 3. The summed E-state index contributed by atoms with van der Waals surface area (Å²) in [6, 6.07) is 1.83. The molecule has 8 heteroatoms. The SMILES string of the molecule is CCOCC(=O)NCc1nc(-c2cc(C3CC3)on2)no1. The van der Waals surface area contributed by atoms with Crippen LogP contribution in [0.5, 0.6) is 0 Å². The van der Waals surface area contributed by atoms with Gasteiger partial charge in [0, 0.05) is 18.6 Å². The van der Waals surface area contributed by atoms with Crippen molar-refractivity contribution in [3.63, 3.8) is 0 Å². The minimum Gasteiger partial charge on any atom is -0.372 e. The van der Waals surface area contributed by atoms with Crippen LogP contribution in [0.25, 0.3) is 11.5 Å². The molecule has 0 saturated heterocycles. The van der Waals surface area contributed by atoms with Crippen LogP contribution in [-0.2, 0) is 16.1 Å². The fraction of sp³-hybridized carbons (Fsp3) is 0.538. The van der Waals surface area contributed by atoms with Crippen LogP contribution in [0.2, 0.25) is 0 Å². The van der Waals surface area contributed by atoms with E-state index in [9.17, 15) is 4.79 Å². The van der Waals surface area contributed by atoms with Crippen LogP contribution in [-0.4, -0.2) is 34.4 Å². The lowest BCUT2D eigenvalue weighted by Crippen LogP contribution is -2.27. The average Bonchev–Trinajstić information content (AvgIpc) is 3.04. The topological polar surface area (TPSA) is 103 Å². The van der Waals surface area contributed by atoms with Gasteiger partial charge in [0.25, 0.3) is 0 Å². The molecule has 112 valence electrons. The molecule has 0 radical (unpaired) electrons. The molecule has 1 saturated carbocycles. The molecule has 8 nitrogen and oxygen atoms in total. The Morgan fingerprint density at radius 2 is 2.29 bits per heavy atom. The van der Waals surface area contributed by atoms with Crippen molar-refractivity contribution in [3.8, 4) is 11.5 Å². The Morgan fingerprint density at radius 3 is 3.05 bits per heavy atom. The standard InChI is InChI=1S/C13H16N4O4/c1-2-19-7-11(18)14-6-12-15-13(17-21-12)9-5-10(20-16-9)8-3-4-8/h5,8H,2-4,6-7H2,1H3,(H,14,18). The highest BCUT2D eigenvalue weighted by atomic mass is 16.5. The fourth-order valence-electron chi connectivity index (χ4n) is 1.81. The largest absolute Gasteiger partial charge is 0.372 e. The first-order chi connectivity index (χ1) is 10.3. The molecule has 2 aromatic rings. The summed E-state index contributed by atoms with van der Waals surface area (Å²) < 4.78 is 15.3. The summed E-state index contributed by atoms with van der Waals surface area (Å²) in [7, 11) is 0. The van der Waals surface area contributed by atoms with Gasteiger partial charge in [-0.3, -0.25) is 4.79 Å². The molecule has 1 N–H and O–H groups in total. The number of hydrogen-bond donors (Lipinski definition) is 1. The van der Waals surface area contributed by atoms with E-state index < -0.39 is 0 Å². The predicted octanol–water partition coefficient (Wildman–Crippen LogP) is 1.25. The number of amides is 1. The number of nitrogens with one attached hydrogen (secondary N) is 1. The molecule has 21 heavy (non-hydrogen) atoms. The zero-order valence-electron chi connectivity index (χ0n) is 11.7. The molecule has 1 aliphatic carbocycles. The summed E-state index contributed by atoms with van der Waals surface area (Å²) in [4.78, 5) is 15.6. The van der Waals surface area contributed by atoms with Crippen molar-refractivity contribution >= 4 is 5.91 Å². The number of carbonyl (C=O) groups excluding carboxylic acids is 1. The van der Waals surface area contributed by atoms with E-state index in [0.29, 0.717) is 29.9 Å². The summed E-state index contributed by atoms with van der Waals surface area (Å²) in [5.74, 6) is 1.79. The van der Waals surface area contributed by atoms with E-state index in [0.717, 1.165) is 18.6 Å². The molecule has 3 rings (SSSR count). The first-order valence-corrected chi connectivity index (χ1v) is 6.90. The van der Waals surface area contributed by atoms with Gasteiger partial charge in [0.1, 0.15) is 12.4 Å². The third kappa shape index (κ3) is 3.46. The van der Waals surface area contributed by atoms with Gasteiger partial charge in [-0.2, -0.15) is 4.98 Å². The van der Waals surface area contributed by atoms with Gasteiger partial charge < -0.3 is 19.1 Å². The molecule has 0 atom stereocenters. The van der Waals surface area contributed by atoms with Crippen LogP contribution >= 0.6 is 0 Å². The minimum absolute atomic E-state index is 0.0194. The molecule has 0 spiro atoms. The molecule has 0 aromatic carbocycles. The van der Waals surface area contributed by atoms with Crippen molar-refractivity contribution in [3.05, 3.63) is 17.7 Å². The molecule has 2 heterocycles. The fourth-order valence-corrected chi connectivity index (χ4v) is 1.81. The van der Waals surface area contributed by atoms with Crippen LogP contribution in [0, 0.1) is 0 Å². The van der Waals surface area contributed by atoms with Crippen molar-refractivity contribution in [2.45, 2.75) is 32.2 Å². The second-order valence-electron chi connectivity index (χ2n) is 4.81. The number of aromatic nitrogens is 3. The van der Waals surface area contributed by atoms with Gasteiger partial charge in [-0.1, -0.05) is 10.3 Å². The molecule has 2 aromatic heterocycles. The van der Waals surface area contributed by atoms with E-state index in [1.54, 1.807) is 0 Å². The van der Waals surface area contributed by atoms with Gasteiger partial charge in [0.05, 0.1) is 6.54 Å². The van der Waals surface area contributed by atoms with E-state index in [-0.39, 0.29) is 19.1 Å². The highest BCUT2D eigenvalue weighted by Gasteiger charge is 2.28. The monoisotopic (exact) mass is 292 g/mol. The Bertz CT molecular complexity index is 617. The van der Waals surface area contributed by atoms with Gasteiger partial charge in [-0.05, 0) is 19.8 Å². The second kappa shape index (κ2) is 6.04. The van der Waals surface area contributed by atoms with Gasteiger partial charge in [0.2, 0.25) is 17.6 Å². The summed E-state index contributed by atoms with van der Waals surface area (Å²) in [5.41, 5.74) is 0.549. The van der Waals surface area contributed by atoms with Crippen molar-refractivity contribution < 1.29 is 18.6 Å². The molecule has 0 unspecified atom stereocenters. The van der Waals surface area contributed by atoms with Crippen molar-refractivity contribution in [2.75, 3.05) is 13.2 Å². The number of rotatable bonds is 7. The number of carbonyl (C=O) groups is 1. The van der Waals surface area contributed by atoms with Gasteiger partial charge in [-0.25, -0.2) is 0 Å². The quantitative estimate of drug-likeness (QED) is 0.819. The zero-order valence-corrected chi connectivity index (χ0v) is 11.7. The Kier molecular flexibility index (Phi) is 3.96. The molecule has 0 aliphatic heterocycles. The third-order valence-electron chi connectivity index (χ3n) is 3.08. The molecule has 1 fully saturated rings. The Hall–Kier alpha value is -2.22.